The highest BCUT2D eigenvalue weighted by atomic mass is 16.6. The van der Waals surface area contributed by atoms with Gasteiger partial charge in [0.15, 0.2) is 0 Å². The number of hydrazone groups is 1. The van der Waals surface area contributed by atoms with E-state index in [2.05, 4.69) is 10.5 Å². The molecule has 0 aliphatic heterocycles. The third-order valence-electron chi connectivity index (χ3n) is 3.62. The zero-order valence-electron chi connectivity index (χ0n) is 12.9. The van der Waals surface area contributed by atoms with E-state index in [0.29, 0.717) is 10.9 Å². The Morgan fingerprint density at radius 2 is 1.92 bits per heavy atom. The first kappa shape index (κ1) is 16.1. The van der Waals surface area contributed by atoms with Crippen molar-refractivity contribution >= 4 is 28.6 Å². The molecule has 124 valence electrons. The number of hydrogen-bond donors (Lipinski definition) is 2. The molecule has 3 aromatic rings. The van der Waals surface area contributed by atoms with E-state index in [1.165, 1.54) is 30.5 Å². The number of phenolic OH excluding ortho intramolecular Hbond substituents is 1. The van der Waals surface area contributed by atoms with Gasteiger partial charge < -0.3 is 5.11 Å². The molecule has 2 N–H and O–H groups in total. The lowest BCUT2D eigenvalue weighted by Gasteiger charge is -2.04. The van der Waals surface area contributed by atoms with Crippen molar-refractivity contribution in [3.05, 3.63) is 81.9 Å². The lowest BCUT2D eigenvalue weighted by Crippen LogP contribution is -2.17. The molecule has 0 atom stereocenters. The number of hydrogen-bond acceptors (Lipinski definition) is 5. The molecule has 25 heavy (non-hydrogen) atoms. The maximum absolute atomic E-state index is 12.0. The summed E-state index contributed by atoms with van der Waals surface area (Å²) in [5.74, 6) is -0.522. The summed E-state index contributed by atoms with van der Waals surface area (Å²) < 4.78 is 0. The van der Waals surface area contributed by atoms with Crippen molar-refractivity contribution in [2.24, 2.45) is 5.10 Å². The number of nitro benzene ring substituents is 1. The fourth-order valence-corrected chi connectivity index (χ4v) is 2.36. The Morgan fingerprint density at radius 3 is 2.72 bits per heavy atom. The van der Waals surface area contributed by atoms with Gasteiger partial charge in [-0.05, 0) is 17.5 Å². The summed E-state index contributed by atoms with van der Waals surface area (Å²) in [7, 11) is 0. The predicted molar refractivity (Wildman–Crippen MR) is 93.8 cm³/mol. The number of fused-ring (bicyclic) bond motifs is 1. The van der Waals surface area contributed by atoms with Crippen LogP contribution in [0.5, 0.6) is 5.75 Å². The standard InChI is InChI=1S/C18H13N3O4/c22-17-14(9-8-12-4-1-2-7-16(12)17)11-19-20-18(23)13-5-3-6-15(10-13)21(24)25/h1-11,22H,(H,20,23)/b19-11+. The van der Waals surface area contributed by atoms with Crippen molar-refractivity contribution in [2.75, 3.05) is 0 Å². The van der Waals surface area contributed by atoms with E-state index in [1.807, 2.05) is 24.3 Å². The van der Waals surface area contributed by atoms with Gasteiger partial charge in [0.2, 0.25) is 0 Å². The summed E-state index contributed by atoms with van der Waals surface area (Å²) in [5, 5.41) is 26.4. The maximum Gasteiger partial charge on any atom is 0.271 e. The van der Waals surface area contributed by atoms with Gasteiger partial charge in [-0.25, -0.2) is 5.43 Å². The van der Waals surface area contributed by atoms with Crippen molar-refractivity contribution in [2.45, 2.75) is 0 Å². The predicted octanol–water partition coefficient (Wildman–Crippen LogP) is 3.22. The highest BCUT2D eigenvalue weighted by Crippen LogP contribution is 2.27. The van der Waals surface area contributed by atoms with E-state index in [9.17, 15) is 20.0 Å². The minimum absolute atomic E-state index is 0.0615. The topological polar surface area (TPSA) is 105 Å². The van der Waals surface area contributed by atoms with Gasteiger partial charge in [0.25, 0.3) is 11.6 Å². The molecule has 0 aliphatic rings. The average Bonchev–Trinajstić information content (AvgIpc) is 2.64. The van der Waals surface area contributed by atoms with E-state index >= 15 is 0 Å². The van der Waals surface area contributed by atoms with E-state index in [4.69, 9.17) is 0 Å². The van der Waals surface area contributed by atoms with Crippen LogP contribution in [0.2, 0.25) is 0 Å². The normalized spacial score (nSPS) is 10.9. The number of aromatic hydroxyl groups is 1. The summed E-state index contributed by atoms with van der Waals surface area (Å²) in [5.41, 5.74) is 2.67. The van der Waals surface area contributed by atoms with Crippen molar-refractivity contribution in [3.8, 4) is 5.75 Å². The first-order valence-electron chi connectivity index (χ1n) is 7.35. The molecule has 0 unspecified atom stereocenters. The number of amides is 1. The van der Waals surface area contributed by atoms with Crippen LogP contribution in [-0.2, 0) is 0 Å². The molecule has 7 heteroatoms. The SMILES string of the molecule is O=C(N/N=C/c1ccc2ccccc2c1O)c1cccc([N+](=O)[O-])c1. The molecule has 0 fully saturated rings. The number of carbonyl (C=O) groups excluding carboxylic acids is 1. The molecule has 0 radical (unpaired) electrons. The molecule has 0 heterocycles. The molecule has 0 saturated carbocycles. The second kappa shape index (κ2) is 6.79. The van der Waals surface area contributed by atoms with Crippen LogP contribution in [0.3, 0.4) is 0 Å². The first-order valence-corrected chi connectivity index (χ1v) is 7.35. The number of non-ortho nitro benzene ring substituents is 1. The summed E-state index contributed by atoms with van der Waals surface area (Å²) in [4.78, 5) is 22.2. The lowest BCUT2D eigenvalue weighted by atomic mass is 10.1. The number of phenols is 1. The van der Waals surface area contributed by atoms with E-state index in [1.54, 1.807) is 12.1 Å². The summed E-state index contributed by atoms with van der Waals surface area (Å²) in [6, 6.07) is 16.2. The van der Waals surface area contributed by atoms with Crippen LogP contribution in [0, 0.1) is 10.1 Å². The second-order valence-corrected chi connectivity index (χ2v) is 5.23. The molecule has 1 amide bonds. The lowest BCUT2D eigenvalue weighted by molar-refractivity contribution is -0.384. The zero-order chi connectivity index (χ0) is 17.8. The number of carbonyl (C=O) groups is 1. The minimum atomic E-state index is -0.583. The Hall–Kier alpha value is -3.74. The Bertz CT molecular complexity index is 999. The van der Waals surface area contributed by atoms with Crippen molar-refractivity contribution in [3.63, 3.8) is 0 Å². The van der Waals surface area contributed by atoms with Crippen molar-refractivity contribution in [1.29, 1.82) is 0 Å². The highest BCUT2D eigenvalue weighted by Gasteiger charge is 2.11. The van der Waals surface area contributed by atoms with Gasteiger partial charge in [-0.15, -0.1) is 0 Å². The van der Waals surface area contributed by atoms with Crippen LogP contribution in [-0.4, -0.2) is 22.2 Å². The fraction of sp³-hybridized carbons (Fsp3) is 0. The highest BCUT2D eigenvalue weighted by molar-refractivity contribution is 5.98. The molecule has 0 spiro atoms. The van der Waals surface area contributed by atoms with Crippen LogP contribution in [0.4, 0.5) is 5.69 Å². The van der Waals surface area contributed by atoms with E-state index in [-0.39, 0.29) is 17.0 Å². The number of rotatable bonds is 4. The second-order valence-electron chi connectivity index (χ2n) is 5.23. The van der Waals surface area contributed by atoms with Gasteiger partial charge in [0, 0.05) is 28.6 Å². The third kappa shape index (κ3) is 3.45. The van der Waals surface area contributed by atoms with Gasteiger partial charge in [-0.1, -0.05) is 36.4 Å². The molecule has 0 aliphatic carbocycles. The quantitative estimate of drug-likeness (QED) is 0.434. The van der Waals surface area contributed by atoms with Gasteiger partial charge in [0.1, 0.15) is 5.75 Å². The average molecular weight is 335 g/mol. The van der Waals surface area contributed by atoms with Gasteiger partial charge >= 0.3 is 0 Å². The van der Waals surface area contributed by atoms with Gasteiger partial charge in [0.05, 0.1) is 11.1 Å². The number of nitrogens with one attached hydrogen (secondary N) is 1. The molecule has 3 rings (SSSR count). The zero-order valence-corrected chi connectivity index (χ0v) is 12.9. The molecule has 0 saturated heterocycles. The first-order chi connectivity index (χ1) is 12.1. The molecular formula is C18H13N3O4. The molecule has 3 aromatic carbocycles. The van der Waals surface area contributed by atoms with Gasteiger partial charge in [-0.2, -0.15) is 5.10 Å². The number of benzene rings is 3. The van der Waals surface area contributed by atoms with E-state index in [0.717, 1.165) is 5.39 Å². The third-order valence-corrected chi connectivity index (χ3v) is 3.62. The Morgan fingerprint density at radius 1 is 1.12 bits per heavy atom. The van der Waals surface area contributed by atoms with Crippen LogP contribution < -0.4 is 5.43 Å². The molecule has 7 nitrogen and oxygen atoms in total. The Balaban J connectivity index is 1.77. The molecule has 0 bridgehead atoms. The molecule has 0 aromatic heterocycles. The monoisotopic (exact) mass is 335 g/mol. The summed E-state index contributed by atoms with van der Waals surface area (Å²) in [6.45, 7) is 0. The Kier molecular flexibility index (Phi) is 4.38. The fourth-order valence-electron chi connectivity index (χ4n) is 2.36. The number of nitro groups is 1. The number of nitrogens with zero attached hydrogens (tertiary/aromatic N) is 2. The Labute approximate surface area is 142 Å². The maximum atomic E-state index is 12.0. The van der Waals surface area contributed by atoms with Crippen LogP contribution in [0.1, 0.15) is 15.9 Å². The van der Waals surface area contributed by atoms with Gasteiger partial charge in [-0.3, -0.25) is 14.9 Å². The minimum Gasteiger partial charge on any atom is -0.507 e. The summed E-state index contributed by atoms with van der Waals surface area (Å²) in [6.07, 6.45) is 1.32. The van der Waals surface area contributed by atoms with Crippen LogP contribution in [0.25, 0.3) is 10.8 Å². The smallest absolute Gasteiger partial charge is 0.271 e. The van der Waals surface area contributed by atoms with E-state index < -0.39 is 10.8 Å². The summed E-state index contributed by atoms with van der Waals surface area (Å²) >= 11 is 0. The van der Waals surface area contributed by atoms with Crippen LogP contribution in [0.15, 0.2) is 65.8 Å². The molecular weight excluding hydrogens is 322 g/mol. The van der Waals surface area contributed by atoms with Crippen molar-refractivity contribution < 1.29 is 14.8 Å². The largest absolute Gasteiger partial charge is 0.507 e. The van der Waals surface area contributed by atoms with Crippen LogP contribution >= 0.6 is 0 Å². The van der Waals surface area contributed by atoms with Crippen molar-refractivity contribution in [1.82, 2.24) is 5.43 Å².